The van der Waals surface area contributed by atoms with Crippen LogP contribution in [0.25, 0.3) is 9.75 Å². The van der Waals surface area contributed by atoms with Gasteiger partial charge in [0, 0.05) is 25.0 Å². The van der Waals surface area contributed by atoms with E-state index in [9.17, 15) is 0 Å². The van der Waals surface area contributed by atoms with E-state index in [2.05, 4.69) is 98.6 Å². The molecule has 5 heteroatoms. The molecular weight excluding hydrogens is 485 g/mol. The highest BCUT2D eigenvalue weighted by Gasteiger charge is 2.47. The fraction of sp³-hybridized carbons (Fsp3) is 0.448. The SMILES string of the molecule is C=CCOc1c([Si](C)(C)C2c3cc(C)sc3-c3sc(C)cc32)cc(C)cc1[Si](C)(C)C(C)(C)C. The molecule has 34 heavy (non-hydrogen) atoms. The standard InChI is InChI=1S/C29H40OS2Si2/c1-12-13-30-25-23(14-18(2)15-24(25)34(10,11)29(5,6)7)33(8,9)28-21-16-19(3)31-26(21)27-22(28)17-20(4)32-27/h12,14-17,28H,1,13H2,2-11H3. The predicted octanol–water partition coefficient (Wildman–Crippen LogP) is 8.28. The van der Waals surface area contributed by atoms with Crippen LogP contribution in [0.15, 0.2) is 36.9 Å². The molecule has 0 unspecified atom stereocenters. The first-order chi connectivity index (χ1) is 15.7. The molecule has 0 radical (unpaired) electrons. The van der Waals surface area contributed by atoms with Gasteiger partial charge in [0.1, 0.15) is 12.4 Å². The molecule has 0 aliphatic heterocycles. The van der Waals surface area contributed by atoms with Crippen LogP contribution in [0.5, 0.6) is 5.75 Å². The molecule has 0 N–H and O–H groups in total. The van der Waals surface area contributed by atoms with Gasteiger partial charge in [-0.05, 0) is 59.4 Å². The average molecular weight is 525 g/mol. The number of thiophene rings is 2. The topological polar surface area (TPSA) is 9.23 Å². The Morgan fingerprint density at radius 1 is 0.882 bits per heavy atom. The van der Waals surface area contributed by atoms with Crippen molar-refractivity contribution in [3.05, 3.63) is 63.4 Å². The summed E-state index contributed by atoms with van der Waals surface area (Å²) < 4.78 is 6.64. The van der Waals surface area contributed by atoms with E-state index in [1.165, 1.54) is 41.2 Å². The molecule has 1 aliphatic carbocycles. The summed E-state index contributed by atoms with van der Waals surface area (Å²) >= 11 is 3.95. The summed E-state index contributed by atoms with van der Waals surface area (Å²) in [5, 5.41) is 3.18. The molecule has 1 aromatic carbocycles. The normalized spacial score (nSPS) is 14.3. The molecule has 182 valence electrons. The van der Waals surface area contributed by atoms with E-state index < -0.39 is 16.1 Å². The summed E-state index contributed by atoms with van der Waals surface area (Å²) in [6.45, 7) is 28.7. The number of aryl methyl sites for hydroxylation is 3. The van der Waals surface area contributed by atoms with Gasteiger partial charge in [-0.15, -0.1) is 22.7 Å². The van der Waals surface area contributed by atoms with Gasteiger partial charge in [0.15, 0.2) is 0 Å². The third-order valence-corrected chi connectivity index (χ3v) is 19.7. The van der Waals surface area contributed by atoms with Gasteiger partial charge in [-0.2, -0.15) is 0 Å². The summed E-state index contributed by atoms with van der Waals surface area (Å²) in [5.74, 6) is 1.17. The van der Waals surface area contributed by atoms with E-state index in [4.69, 9.17) is 4.74 Å². The highest BCUT2D eigenvalue weighted by atomic mass is 32.1. The van der Waals surface area contributed by atoms with Gasteiger partial charge in [0.2, 0.25) is 0 Å². The maximum Gasteiger partial charge on any atom is 0.118 e. The van der Waals surface area contributed by atoms with Gasteiger partial charge in [0.05, 0.1) is 16.1 Å². The van der Waals surface area contributed by atoms with Gasteiger partial charge < -0.3 is 4.74 Å². The zero-order valence-corrected chi connectivity index (χ0v) is 26.2. The van der Waals surface area contributed by atoms with Gasteiger partial charge in [0.25, 0.3) is 0 Å². The van der Waals surface area contributed by atoms with Crippen LogP contribution in [-0.2, 0) is 0 Å². The average Bonchev–Trinajstić information content (AvgIpc) is 3.34. The lowest BCUT2D eigenvalue weighted by Crippen LogP contribution is -2.55. The van der Waals surface area contributed by atoms with Gasteiger partial charge in [-0.1, -0.05) is 77.3 Å². The van der Waals surface area contributed by atoms with Crippen molar-refractivity contribution in [3.63, 3.8) is 0 Å². The summed E-state index contributed by atoms with van der Waals surface area (Å²) in [5.41, 5.74) is 4.95. The Morgan fingerprint density at radius 2 is 1.38 bits per heavy atom. The number of rotatable bonds is 6. The molecule has 2 aromatic heterocycles. The Hall–Kier alpha value is -1.41. The van der Waals surface area contributed by atoms with E-state index in [0.29, 0.717) is 12.1 Å². The number of benzene rings is 1. The molecule has 4 rings (SSSR count). The minimum absolute atomic E-state index is 0.235. The lowest BCUT2D eigenvalue weighted by atomic mass is 10.2. The van der Waals surface area contributed by atoms with Crippen molar-refractivity contribution in [1.82, 2.24) is 0 Å². The second-order valence-corrected chi connectivity index (χ2v) is 24.5. The molecule has 3 aromatic rings. The summed E-state index contributed by atoms with van der Waals surface area (Å²) in [6.07, 6.45) is 1.89. The fourth-order valence-electron chi connectivity index (χ4n) is 5.37. The second kappa shape index (κ2) is 8.61. The molecule has 2 heterocycles. The highest BCUT2D eigenvalue weighted by Crippen LogP contribution is 2.55. The number of hydrogen-bond donors (Lipinski definition) is 0. The largest absolute Gasteiger partial charge is 0.490 e. The second-order valence-electron chi connectivity index (χ2n) is 12.1. The molecule has 1 nitrogen and oxygen atoms in total. The molecule has 0 saturated carbocycles. The van der Waals surface area contributed by atoms with Crippen molar-refractivity contribution in [1.29, 1.82) is 0 Å². The third kappa shape index (κ3) is 4.02. The number of fused-ring (bicyclic) bond motifs is 3. The van der Waals surface area contributed by atoms with Crippen LogP contribution in [0.2, 0.25) is 31.2 Å². The lowest BCUT2D eigenvalue weighted by Gasteiger charge is -2.41. The molecule has 0 atom stereocenters. The van der Waals surface area contributed by atoms with Crippen LogP contribution >= 0.6 is 22.7 Å². The Balaban J connectivity index is 1.99. The van der Waals surface area contributed by atoms with Gasteiger partial charge in [-0.25, -0.2) is 0 Å². The van der Waals surface area contributed by atoms with E-state index in [-0.39, 0.29) is 5.04 Å². The molecule has 0 saturated heterocycles. The van der Waals surface area contributed by atoms with Gasteiger partial charge in [-0.3, -0.25) is 0 Å². The van der Waals surface area contributed by atoms with Crippen molar-refractivity contribution in [2.75, 3.05) is 6.61 Å². The quantitative estimate of drug-likeness (QED) is 0.233. The zero-order valence-electron chi connectivity index (χ0n) is 22.6. The first-order valence-corrected chi connectivity index (χ1v) is 20.0. The van der Waals surface area contributed by atoms with Crippen LogP contribution in [0.4, 0.5) is 0 Å². The summed E-state index contributed by atoms with van der Waals surface area (Å²) in [6, 6.07) is 9.82. The van der Waals surface area contributed by atoms with Crippen LogP contribution in [0, 0.1) is 20.8 Å². The van der Waals surface area contributed by atoms with Crippen molar-refractivity contribution in [2.24, 2.45) is 0 Å². The molecule has 1 aliphatic rings. The van der Waals surface area contributed by atoms with E-state index in [0.717, 1.165) is 0 Å². The predicted molar refractivity (Wildman–Crippen MR) is 160 cm³/mol. The maximum absolute atomic E-state index is 6.64. The van der Waals surface area contributed by atoms with E-state index in [1.807, 2.05) is 28.7 Å². The van der Waals surface area contributed by atoms with Crippen LogP contribution in [0.1, 0.15) is 52.8 Å². The number of ether oxygens (including phenoxy) is 1. The lowest BCUT2D eigenvalue weighted by molar-refractivity contribution is 0.368. The van der Waals surface area contributed by atoms with Crippen molar-refractivity contribution < 1.29 is 4.74 Å². The van der Waals surface area contributed by atoms with E-state index in [1.54, 1.807) is 11.1 Å². The van der Waals surface area contributed by atoms with E-state index >= 15 is 0 Å². The first kappa shape index (κ1) is 25.7. The van der Waals surface area contributed by atoms with Crippen LogP contribution in [0.3, 0.4) is 0 Å². The summed E-state index contributed by atoms with van der Waals surface area (Å²) in [7, 11) is -3.87. The zero-order chi connectivity index (χ0) is 25.2. The Labute approximate surface area is 216 Å². The van der Waals surface area contributed by atoms with Crippen LogP contribution in [-0.4, -0.2) is 22.8 Å². The highest BCUT2D eigenvalue weighted by molar-refractivity contribution is 7.23. The molecule has 0 fully saturated rings. The van der Waals surface area contributed by atoms with Crippen molar-refractivity contribution >= 4 is 49.2 Å². The summed E-state index contributed by atoms with van der Waals surface area (Å²) in [4.78, 5) is 5.88. The minimum atomic E-state index is -2.04. The fourth-order valence-corrected chi connectivity index (χ4v) is 13.9. The minimum Gasteiger partial charge on any atom is -0.490 e. The molecule has 0 spiro atoms. The third-order valence-electron chi connectivity index (χ3n) is 8.14. The molecular formula is C29H40OS2Si2. The molecule has 0 bridgehead atoms. The van der Waals surface area contributed by atoms with Crippen molar-refractivity contribution in [2.45, 2.75) is 78.3 Å². The Kier molecular flexibility index (Phi) is 6.51. The van der Waals surface area contributed by atoms with Gasteiger partial charge >= 0.3 is 0 Å². The Morgan fingerprint density at radius 3 is 1.85 bits per heavy atom. The Bertz CT molecular complexity index is 1210. The van der Waals surface area contributed by atoms with Crippen LogP contribution < -0.4 is 15.1 Å². The monoisotopic (exact) mass is 524 g/mol. The first-order valence-electron chi connectivity index (χ1n) is 12.3. The number of hydrogen-bond acceptors (Lipinski definition) is 3. The maximum atomic E-state index is 6.64. The molecule has 0 amide bonds. The van der Waals surface area contributed by atoms with Crippen molar-refractivity contribution in [3.8, 4) is 15.5 Å². The smallest absolute Gasteiger partial charge is 0.118 e.